The minimum Gasteiger partial charge on any atom is -0.465 e. The second-order valence-corrected chi connectivity index (χ2v) is 6.50. The standard InChI is InChI=1S/C18H16N2O3S/c1-10-8-11(2)15-14(9-10)24-18(19-15)20-16(21)12-4-6-13(7-5-12)17(22)23-3/h4-9H,1-3H3,(H,19,20,21). The van der Waals surface area contributed by atoms with E-state index in [0.717, 1.165) is 15.8 Å². The van der Waals surface area contributed by atoms with Gasteiger partial charge in [0.05, 0.1) is 22.9 Å². The number of nitrogens with zero attached hydrogens (tertiary/aromatic N) is 1. The lowest BCUT2D eigenvalue weighted by Crippen LogP contribution is -2.12. The van der Waals surface area contributed by atoms with Crippen molar-refractivity contribution in [3.8, 4) is 0 Å². The Morgan fingerprint density at radius 2 is 1.75 bits per heavy atom. The number of aryl methyl sites for hydroxylation is 2. The number of ether oxygens (including phenoxy) is 1. The summed E-state index contributed by atoms with van der Waals surface area (Å²) in [6, 6.07) is 10.4. The number of carbonyl (C=O) groups excluding carboxylic acids is 2. The second-order valence-electron chi connectivity index (χ2n) is 5.47. The Labute approximate surface area is 143 Å². The van der Waals surface area contributed by atoms with Gasteiger partial charge in [-0.2, -0.15) is 0 Å². The molecule has 1 N–H and O–H groups in total. The molecule has 24 heavy (non-hydrogen) atoms. The maximum absolute atomic E-state index is 12.3. The summed E-state index contributed by atoms with van der Waals surface area (Å²) in [5.41, 5.74) is 4.01. The molecule has 0 saturated heterocycles. The fraction of sp³-hybridized carbons (Fsp3) is 0.167. The Morgan fingerprint density at radius 3 is 2.42 bits per heavy atom. The van der Waals surface area contributed by atoms with Gasteiger partial charge in [-0.3, -0.25) is 10.1 Å². The molecule has 0 spiro atoms. The predicted molar refractivity (Wildman–Crippen MR) is 94.8 cm³/mol. The van der Waals surface area contributed by atoms with Crippen LogP contribution in [0.5, 0.6) is 0 Å². The zero-order valence-electron chi connectivity index (χ0n) is 13.5. The van der Waals surface area contributed by atoms with E-state index in [1.165, 1.54) is 24.0 Å². The fourth-order valence-electron chi connectivity index (χ4n) is 2.47. The Hall–Kier alpha value is -2.73. The molecule has 3 rings (SSSR count). The molecule has 5 nitrogen and oxygen atoms in total. The predicted octanol–water partition coefficient (Wildman–Crippen LogP) is 3.95. The number of anilines is 1. The lowest BCUT2D eigenvalue weighted by molar-refractivity contribution is 0.0600. The molecule has 1 aromatic heterocycles. The van der Waals surface area contributed by atoms with E-state index in [1.54, 1.807) is 24.3 Å². The number of esters is 1. The van der Waals surface area contributed by atoms with Gasteiger partial charge in [0.25, 0.3) is 5.91 Å². The second kappa shape index (κ2) is 6.41. The van der Waals surface area contributed by atoms with Gasteiger partial charge in [-0.25, -0.2) is 9.78 Å². The minimum absolute atomic E-state index is 0.264. The Kier molecular flexibility index (Phi) is 4.31. The molecule has 0 bridgehead atoms. The van der Waals surface area contributed by atoms with Crippen molar-refractivity contribution < 1.29 is 14.3 Å². The molecule has 1 heterocycles. The summed E-state index contributed by atoms with van der Waals surface area (Å²) < 4.78 is 5.68. The van der Waals surface area contributed by atoms with Crippen molar-refractivity contribution in [2.75, 3.05) is 12.4 Å². The van der Waals surface area contributed by atoms with Crippen molar-refractivity contribution in [3.63, 3.8) is 0 Å². The molecule has 1 amide bonds. The highest BCUT2D eigenvalue weighted by atomic mass is 32.1. The first-order valence-electron chi connectivity index (χ1n) is 7.35. The molecule has 6 heteroatoms. The lowest BCUT2D eigenvalue weighted by Gasteiger charge is -2.03. The van der Waals surface area contributed by atoms with E-state index in [4.69, 9.17) is 0 Å². The van der Waals surface area contributed by atoms with Crippen LogP contribution >= 0.6 is 11.3 Å². The number of benzene rings is 2. The van der Waals surface area contributed by atoms with Crippen LogP contribution in [0.25, 0.3) is 10.2 Å². The van der Waals surface area contributed by atoms with Crippen molar-refractivity contribution in [3.05, 3.63) is 58.7 Å². The van der Waals surface area contributed by atoms with Crippen molar-refractivity contribution in [2.45, 2.75) is 13.8 Å². The van der Waals surface area contributed by atoms with Crippen LogP contribution in [-0.2, 0) is 4.74 Å². The zero-order valence-corrected chi connectivity index (χ0v) is 14.4. The molecule has 0 radical (unpaired) electrons. The monoisotopic (exact) mass is 340 g/mol. The SMILES string of the molecule is COC(=O)c1ccc(C(=O)Nc2nc3c(C)cc(C)cc3s2)cc1. The third-order valence-corrected chi connectivity index (χ3v) is 4.54. The summed E-state index contributed by atoms with van der Waals surface area (Å²) in [6.07, 6.45) is 0. The first-order chi connectivity index (χ1) is 11.5. The number of nitrogens with one attached hydrogen (secondary N) is 1. The van der Waals surface area contributed by atoms with Crippen LogP contribution in [0.2, 0.25) is 0 Å². The van der Waals surface area contributed by atoms with Gasteiger partial charge in [0, 0.05) is 5.56 Å². The van der Waals surface area contributed by atoms with E-state index in [9.17, 15) is 9.59 Å². The van der Waals surface area contributed by atoms with Crippen LogP contribution in [0.4, 0.5) is 5.13 Å². The average molecular weight is 340 g/mol. The molecular weight excluding hydrogens is 324 g/mol. The van der Waals surface area contributed by atoms with E-state index >= 15 is 0 Å². The highest BCUT2D eigenvalue weighted by Gasteiger charge is 2.12. The van der Waals surface area contributed by atoms with Gasteiger partial charge in [0.15, 0.2) is 5.13 Å². The summed E-state index contributed by atoms with van der Waals surface area (Å²) in [4.78, 5) is 28.2. The van der Waals surface area contributed by atoms with Crippen molar-refractivity contribution in [2.24, 2.45) is 0 Å². The smallest absolute Gasteiger partial charge is 0.337 e. The first-order valence-corrected chi connectivity index (χ1v) is 8.17. The first kappa shape index (κ1) is 16.1. The van der Waals surface area contributed by atoms with E-state index in [0.29, 0.717) is 16.3 Å². The average Bonchev–Trinajstić information content (AvgIpc) is 2.96. The minimum atomic E-state index is -0.432. The van der Waals surface area contributed by atoms with Crippen LogP contribution in [0.15, 0.2) is 36.4 Å². The molecule has 0 aliphatic heterocycles. The molecule has 0 saturated carbocycles. The van der Waals surface area contributed by atoms with Gasteiger partial charge in [0.2, 0.25) is 0 Å². The van der Waals surface area contributed by atoms with Gasteiger partial charge < -0.3 is 4.74 Å². The highest BCUT2D eigenvalue weighted by molar-refractivity contribution is 7.22. The van der Waals surface area contributed by atoms with Crippen LogP contribution in [0, 0.1) is 13.8 Å². The van der Waals surface area contributed by atoms with Crippen LogP contribution in [-0.4, -0.2) is 24.0 Å². The topological polar surface area (TPSA) is 68.3 Å². The number of hydrogen-bond acceptors (Lipinski definition) is 5. The number of methoxy groups -OCH3 is 1. The molecule has 2 aromatic carbocycles. The normalized spacial score (nSPS) is 10.6. The van der Waals surface area contributed by atoms with Gasteiger partial charge in [-0.05, 0) is 55.3 Å². The molecule has 0 aliphatic carbocycles. The maximum atomic E-state index is 12.3. The Bertz CT molecular complexity index is 929. The van der Waals surface area contributed by atoms with E-state index in [2.05, 4.69) is 27.2 Å². The van der Waals surface area contributed by atoms with Gasteiger partial charge in [-0.1, -0.05) is 17.4 Å². The third-order valence-electron chi connectivity index (χ3n) is 3.62. The number of thiazole rings is 1. The van der Waals surface area contributed by atoms with E-state index in [1.807, 2.05) is 13.8 Å². The number of aromatic nitrogens is 1. The van der Waals surface area contributed by atoms with Crippen LogP contribution in [0.3, 0.4) is 0 Å². The lowest BCUT2D eigenvalue weighted by atomic mass is 10.1. The molecule has 0 unspecified atom stereocenters. The summed E-state index contributed by atoms with van der Waals surface area (Å²) in [5, 5.41) is 3.37. The van der Waals surface area contributed by atoms with Crippen LogP contribution in [0.1, 0.15) is 31.8 Å². The van der Waals surface area contributed by atoms with Crippen LogP contribution < -0.4 is 5.32 Å². The molecule has 0 atom stereocenters. The van der Waals surface area contributed by atoms with E-state index in [-0.39, 0.29) is 5.91 Å². The molecule has 0 aliphatic rings. The molecule has 122 valence electrons. The Morgan fingerprint density at radius 1 is 1.08 bits per heavy atom. The quantitative estimate of drug-likeness (QED) is 0.733. The number of rotatable bonds is 3. The molecule has 0 fully saturated rings. The van der Waals surface area contributed by atoms with Gasteiger partial charge >= 0.3 is 5.97 Å². The number of fused-ring (bicyclic) bond motifs is 1. The number of carbonyl (C=O) groups is 2. The third kappa shape index (κ3) is 3.14. The summed E-state index contributed by atoms with van der Waals surface area (Å²) >= 11 is 1.44. The van der Waals surface area contributed by atoms with Crippen molar-refractivity contribution >= 4 is 38.6 Å². The largest absolute Gasteiger partial charge is 0.465 e. The zero-order chi connectivity index (χ0) is 17.3. The maximum Gasteiger partial charge on any atom is 0.337 e. The molecular formula is C18H16N2O3S. The number of amides is 1. The van der Waals surface area contributed by atoms with Gasteiger partial charge in [0.1, 0.15) is 0 Å². The Balaban J connectivity index is 1.82. The summed E-state index contributed by atoms with van der Waals surface area (Å²) in [7, 11) is 1.32. The summed E-state index contributed by atoms with van der Waals surface area (Å²) in [6.45, 7) is 4.04. The van der Waals surface area contributed by atoms with Gasteiger partial charge in [-0.15, -0.1) is 0 Å². The van der Waals surface area contributed by atoms with E-state index < -0.39 is 5.97 Å². The van der Waals surface area contributed by atoms with Crippen molar-refractivity contribution in [1.82, 2.24) is 4.98 Å². The van der Waals surface area contributed by atoms with Crippen molar-refractivity contribution in [1.29, 1.82) is 0 Å². The fourth-order valence-corrected chi connectivity index (χ4v) is 3.51. The molecule has 3 aromatic rings. The summed E-state index contributed by atoms with van der Waals surface area (Å²) in [5.74, 6) is -0.696. The highest BCUT2D eigenvalue weighted by Crippen LogP contribution is 2.29. The number of hydrogen-bond donors (Lipinski definition) is 1.